The van der Waals surface area contributed by atoms with E-state index in [4.69, 9.17) is 19.9 Å². The van der Waals surface area contributed by atoms with Crippen molar-refractivity contribution in [1.82, 2.24) is 15.0 Å². The number of hydrogen-bond donors (Lipinski definition) is 2. The van der Waals surface area contributed by atoms with Gasteiger partial charge in [-0.3, -0.25) is 0 Å². The second-order valence-electron chi connectivity index (χ2n) is 5.57. The average Bonchev–Trinajstić information content (AvgIpc) is 2.71. The molecule has 1 aromatic heterocycles. The molecule has 0 radical (unpaired) electrons. The van der Waals surface area contributed by atoms with Crippen molar-refractivity contribution in [3.63, 3.8) is 0 Å². The van der Waals surface area contributed by atoms with Gasteiger partial charge in [0.25, 0.3) is 0 Å². The Morgan fingerprint density at radius 2 is 1.75 bits per heavy atom. The van der Waals surface area contributed by atoms with E-state index >= 15 is 0 Å². The number of nitrogens with two attached hydrogens (primary N) is 1. The molecule has 3 N–H and O–H groups in total. The van der Waals surface area contributed by atoms with Crippen molar-refractivity contribution < 1.29 is 19.0 Å². The SMILES string of the molecule is COc1ccc(C(=O)OCc2nc(N)nc(Nc3ccccc3)n2)cc1OC. The summed E-state index contributed by atoms with van der Waals surface area (Å²) in [5.74, 6) is 0.885. The van der Waals surface area contributed by atoms with Crippen LogP contribution in [0.4, 0.5) is 17.6 Å². The molecule has 0 bridgehead atoms. The maximum absolute atomic E-state index is 12.3. The number of nitrogens with zero attached hydrogens (tertiary/aromatic N) is 3. The molecule has 0 saturated carbocycles. The van der Waals surface area contributed by atoms with Crippen LogP contribution >= 0.6 is 0 Å². The van der Waals surface area contributed by atoms with Gasteiger partial charge in [0.05, 0.1) is 19.8 Å². The fourth-order valence-electron chi connectivity index (χ4n) is 2.39. The van der Waals surface area contributed by atoms with Gasteiger partial charge in [-0.2, -0.15) is 15.0 Å². The minimum Gasteiger partial charge on any atom is -0.493 e. The Balaban J connectivity index is 1.69. The lowest BCUT2D eigenvalue weighted by molar-refractivity contribution is 0.0461. The van der Waals surface area contributed by atoms with Crippen molar-refractivity contribution in [2.75, 3.05) is 25.3 Å². The summed E-state index contributed by atoms with van der Waals surface area (Å²) in [4.78, 5) is 24.6. The maximum Gasteiger partial charge on any atom is 0.338 e. The second-order valence-corrected chi connectivity index (χ2v) is 5.57. The Bertz CT molecular complexity index is 966. The van der Waals surface area contributed by atoms with Crippen LogP contribution in [0.3, 0.4) is 0 Å². The molecule has 0 amide bonds. The quantitative estimate of drug-likeness (QED) is 0.595. The molecular formula is C19H19N5O4. The van der Waals surface area contributed by atoms with Crippen LogP contribution in [0.5, 0.6) is 11.5 Å². The molecule has 0 saturated heterocycles. The first-order valence-corrected chi connectivity index (χ1v) is 8.30. The number of para-hydroxylation sites is 1. The molecule has 0 spiro atoms. The third kappa shape index (κ3) is 4.64. The largest absolute Gasteiger partial charge is 0.493 e. The standard InChI is InChI=1S/C19H19N5O4/c1-26-14-9-8-12(10-15(14)27-2)17(25)28-11-16-22-18(20)24-19(23-16)21-13-6-4-3-5-7-13/h3-10H,11H2,1-2H3,(H3,20,21,22,23,24). The highest BCUT2D eigenvalue weighted by atomic mass is 16.5. The van der Waals surface area contributed by atoms with Crippen molar-refractivity contribution in [3.05, 3.63) is 59.9 Å². The van der Waals surface area contributed by atoms with Gasteiger partial charge in [-0.05, 0) is 30.3 Å². The number of rotatable bonds is 7. The first kappa shape index (κ1) is 18.9. The lowest BCUT2D eigenvalue weighted by Gasteiger charge is -2.10. The first-order valence-electron chi connectivity index (χ1n) is 8.30. The predicted octanol–water partition coefficient (Wildman–Crippen LogP) is 2.57. The Morgan fingerprint density at radius 3 is 2.46 bits per heavy atom. The smallest absolute Gasteiger partial charge is 0.338 e. The second kappa shape index (κ2) is 8.67. The van der Waals surface area contributed by atoms with E-state index in [2.05, 4.69) is 20.3 Å². The summed E-state index contributed by atoms with van der Waals surface area (Å²) in [6, 6.07) is 14.1. The molecule has 0 fully saturated rings. The monoisotopic (exact) mass is 381 g/mol. The Kier molecular flexibility index (Phi) is 5.85. The summed E-state index contributed by atoms with van der Waals surface area (Å²) < 4.78 is 15.6. The van der Waals surface area contributed by atoms with Gasteiger partial charge < -0.3 is 25.3 Å². The van der Waals surface area contributed by atoms with Crippen molar-refractivity contribution >= 4 is 23.6 Å². The number of aromatic nitrogens is 3. The fraction of sp³-hybridized carbons (Fsp3) is 0.158. The predicted molar refractivity (Wildman–Crippen MR) is 103 cm³/mol. The van der Waals surface area contributed by atoms with E-state index in [1.807, 2.05) is 30.3 Å². The molecule has 0 aliphatic carbocycles. The zero-order chi connectivity index (χ0) is 19.9. The van der Waals surface area contributed by atoms with Crippen LogP contribution < -0.4 is 20.5 Å². The number of esters is 1. The van der Waals surface area contributed by atoms with Crippen molar-refractivity contribution in [3.8, 4) is 11.5 Å². The molecular weight excluding hydrogens is 362 g/mol. The first-order chi connectivity index (χ1) is 13.6. The van der Waals surface area contributed by atoms with Gasteiger partial charge in [-0.25, -0.2) is 4.79 Å². The zero-order valence-electron chi connectivity index (χ0n) is 15.4. The summed E-state index contributed by atoms with van der Waals surface area (Å²) in [5.41, 5.74) is 6.83. The van der Waals surface area contributed by atoms with Gasteiger partial charge in [-0.15, -0.1) is 0 Å². The zero-order valence-corrected chi connectivity index (χ0v) is 15.4. The van der Waals surface area contributed by atoms with Crippen LogP contribution in [0, 0.1) is 0 Å². The molecule has 0 aliphatic rings. The summed E-state index contributed by atoms with van der Waals surface area (Å²) in [5, 5.41) is 3.02. The van der Waals surface area contributed by atoms with Gasteiger partial charge >= 0.3 is 5.97 Å². The van der Waals surface area contributed by atoms with Gasteiger partial charge in [0.1, 0.15) is 0 Å². The number of anilines is 3. The van der Waals surface area contributed by atoms with Gasteiger partial charge in [0, 0.05) is 5.69 Å². The van der Waals surface area contributed by atoms with E-state index < -0.39 is 5.97 Å². The number of benzene rings is 2. The lowest BCUT2D eigenvalue weighted by Crippen LogP contribution is -2.11. The molecule has 144 valence electrons. The van der Waals surface area contributed by atoms with Gasteiger partial charge in [0.15, 0.2) is 23.9 Å². The van der Waals surface area contributed by atoms with Gasteiger partial charge in [-0.1, -0.05) is 18.2 Å². The van der Waals surface area contributed by atoms with Crippen LogP contribution in [-0.2, 0) is 11.3 Å². The van der Waals surface area contributed by atoms with E-state index in [1.54, 1.807) is 12.1 Å². The topological polar surface area (TPSA) is 121 Å². The van der Waals surface area contributed by atoms with Crippen LogP contribution in [-0.4, -0.2) is 35.1 Å². The van der Waals surface area contributed by atoms with Crippen molar-refractivity contribution in [2.24, 2.45) is 0 Å². The normalized spacial score (nSPS) is 10.2. The number of ether oxygens (including phenoxy) is 3. The maximum atomic E-state index is 12.3. The van der Waals surface area contributed by atoms with Crippen molar-refractivity contribution in [2.45, 2.75) is 6.61 Å². The van der Waals surface area contributed by atoms with E-state index in [9.17, 15) is 4.79 Å². The third-order valence-corrected chi connectivity index (χ3v) is 3.68. The van der Waals surface area contributed by atoms with E-state index in [0.29, 0.717) is 17.1 Å². The molecule has 3 rings (SSSR count). The Labute approximate surface area is 161 Å². The van der Waals surface area contributed by atoms with E-state index in [1.165, 1.54) is 20.3 Å². The number of carbonyl (C=O) groups excluding carboxylic acids is 1. The molecule has 0 atom stereocenters. The summed E-state index contributed by atoms with van der Waals surface area (Å²) in [7, 11) is 3.00. The Morgan fingerprint density at radius 1 is 1.00 bits per heavy atom. The summed E-state index contributed by atoms with van der Waals surface area (Å²) in [6.45, 7) is -0.163. The molecule has 9 nitrogen and oxygen atoms in total. The molecule has 9 heteroatoms. The number of nitrogen functional groups attached to an aromatic ring is 1. The highest BCUT2D eigenvalue weighted by Gasteiger charge is 2.13. The number of methoxy groups -OCH3 is 2. The van der Waals surface area contributed by atoms with Crippen LogP contribution in [0.2, 0.25) is 0 Å². The van der Waals surface area contributed by atoms with Crippen molar-refractivity contribution in [1.29, 1.82) is 0 Å². The highest BCUT2D eigenvalue weighted by molar-refractivity contribution is 5.90. The molecule has 0 unspecified atom stereocenters. The van der Waals surface area contributed by atoms with E-state index in [-0.39, 0.29) is 24.3 Å². The van der Waals surface area contributed by atoms with Crippen LogP contribution in [0.25, 0.3) is 0 Å². The molecule has 0 aliphatic heterocycles. The molecule has 1 heterocycles. The number of nitrogens with one attached hydrogen (secondary N) is 1. The summed E-state index contributed by atoms with van der Waals surface area (Å²) in [6.07, 6.45) is 0. The average molecular weight is 381 g/mol. The lowest BCUT2D eigenvalue weighted by atomic mass is 10.2. The fourth-order valence-corrected chi connectivity index (χ4v) is 2.39. The number of carbonyl (C=O) groups is 1. The van der Waals surface area contributed by atoms with Crippen LogP contribution in [0.1, 0.15) is 16.2 Å². The number of hydrogen-bond acceptors (Lipinski definition) is 9. The molecule has 2 aromatic carbocycles. The third-order valence-electron chi connectivity index (χ3n) is 3.68. The van der Waals surface area contributed by atoms with E-state index in [0.717, 1.165) is 5.69 Å². The minimum absolute atomic E-state index is 0.0191. The minimum atomic E-state index is -0.558. The highest BCUT2D eigenvalue weighted by Crippen LogP contribution is 2.27. The van der Waals surface area contributed by atoms with Gasteiger partial charge in [0.2, 0.25) is 11.9 Å². The van der Waals surface area contributed by atoms with Crippen LogP contribution in [0.15, 0.2) is 48.5 Å². The molecule has 28 heavy (non-hydrogen) atoms. The Hall–Kier alpha value is -3.88. The summed E-state index contributed by atoms with van der Waals surface area (Å²) >= 11 is 0. The molecule has 3 aromatic rings.